The van der Waals surface area contributed by atoms with Crippen molar-refractivity contribution in [1.29, 1.82) is 0 Å². The highest BCUT2D eigenvalue weighted by Crippen LogP contribution is 2.29. The van der Waals surface area contributed by atoms with Gasteiger partial charge in [0.1, 0.15) is 5.01 Å². The van der Waals surface area contributed by atoms with Crippen LogP contribution in [0.25, 0.3) is 0 Å². The van der Waals surface area contributed by atoms with Crippen LogP contribution < -0.4 is 10.6 Å². The Morgan fingerprint density at radius 3 is 2.58 bits per heavy atom. The second kappa shape index (κ2) is 10.1. The second-order valence-corrected chi connectivity index (χ2v) is 6.42. The minimum absolute atomic E-state index is 0. The highest BCUT2D eigenvalue weighted by molar-refractivity contribution is 14.0. The van der Waals surface area contributed by atoms with Crippen molar-refractivity contribution in [3.8, 4) is 0 Å². The van der Waals surface area contributed by atoms with Crippen LogP contribution in [0.1, 0.15) is 28.5 Å². The van der Waals surface area contributed by atoms with Gasteiger partial charge in [-0.3, -0.25) is 9.67 Å². The van der Waals surface area contributed by atoms with Crippen LogP contribution in [0.4, 0.5) is 13.2 Å². The van der Waals surface area contributed by atoms with Crippen LogP contribution in [-0.4, -0.2) is 34.3 Å². The van der Waals surface area contributed by atoms with Crippen LogP contribution >= 0.6 is 35.3 Å². The fourth-order valence-corrected chi connectivity index (χ4v) is 2.98. The van der Waals surface area contributed by atoms with E-state index in [0.717, 1.165) is 41.1 Å². The van der Waals surface area contributed by atoms with Gasteiger partial charge < -0.3 is 10.6 Å². The van der Waals surface area contributed by atoms with Gasteiger partial charge in [-0.1, -0.05) is 0 Å². The number of halogens is 4. The van der Waals surface area contributed by atoms with Crippen LogP contribution in [0.2, 0.25) is 0 Å². The number of aliphatic imine (C=N–C) groups is 1. The first-order valence-electron chi connectivity index (χ1n) is 7.76. The third-order valence-electron chi connectivity index (χ3n) is 3.42. The summed E-state index contributed by atoms with van der Waals surface area (Å²) in [7, 11) is 1.61. The maximum atomic E-state index is 12.5. The Kier molecular flexibility index (Phi) is 8.80. The van der Waals surface area contributed by atoms with Gasteiger partial charge in [-0.15, -0.1) is 35.3 Å². The molecule has 6 nitrogen and oxygen atoms in total. The van der Waals surface area contributed by atoms with Gasteiger partial charge >= 0.3 is 6.18 Å². The maximum Gasteiger partial charge on any atom is 0.434 e. The van der Waals surface area contributed by atoms with E-state index in [1.165, 1.54) is 0 Å². The quantitative estimate of drug-likeness (QED) is 0.275. The Bertz CT molecular complexity index is 725. The zero-order chi connectivity index (χ0) is 18.4. The molecule has 0 saturated carbocycles. The summed E-state index contributed by atoms with van der Waals surface area (Å²) in [5, 5.41) is 11.9. The van der Waals surface area contributed by atoms with Crippen LogP contribution in [0.15, 0.2) is 16.4 Å². The molecule has 0 radical (unpaired) electrons. The lowest BCUT2D eigenvalue weighted by molar-refractivity contribution is -0.140. The molecule has 11 heteroatoms. The molecular formula is C15H22F3IN6S. The smallest absolute Gasteiger partial charge is 0.356 e. The number of thiazole rings is 1. The van der Waals surface area contributed by atoms with Crippen molar-refractivity contribution in [2.24, 2.45) is 4.99 Å². The van der Waals surface area contributed by atoms with Gasteiger partial charge in [-0.25, -0.2) is 4.98 Å². The summed E-state index contributed by atoms with van der Waals surface area (Å²) in [6, 6.07) is 2.02. The molecule has 0 amide bonds. The first kappa shape index (κ1) is 22.7. The van der Waals surface area contributed by atoms with E-state index in [1.54, 1.807) is 7.05 Å². The Balaban J connectivity index is 0.00000338. The van der Waals surface area contributed by atoms with Crippen molar-refractivity contribution in [2.45, 2.75) is 39.5 Å². The molecule has 0 saturated heterocycles. The molecule has 146 valence electrons. The normalized spacial score (nSPS) is 12.0. The molecule has 26 heavy (non-hydrogen) atoms. The number of aryl methyl sites for hydroxylation is 3. The molecule has 2 rings (SSSR count). The lowest BCUT2D eigenvalue weighted by Gasteiger charge is -2.11. The largest absolute Gasteiger partial charge is 0.434 e. The molecule has 0 aliphatic rings. The number of guanidine groups is 1. The molecule has 2 heterocycles. The lowest BCUT2D eigenvalue weighted by Crippen LogP contribution is -2.37. The molecule has 0 aliphatic carbocycles. The van der Waals surface area contributed by atoms with Gasteiger partial charge in [-0.2, -0.15) is 18.3 Å². The molecule has 2 aromatic rings. The zero-order valence-corrected chi connectivity index (χ0v) is 17.9. The van der Waals surface area contributed by atoms with Crippen molar-refractivity contribution in [3.63, 3.8) is 0 Å². The molecular weight excluding hydrogens is 480 g/mol. The van der Waals surface area contributed by atoms with Gasteiger partial charge in [-0.05, 0) is 26.3 Å². The van der Waals surface area contributed by atoms with Crippen molar-refractivity contribution >= 4 is 41.3 Å². The van der Waals surface area contributed by atoms with E-state index in [2.05, 4.69) is 25.7 Å². The number of hydrogen-bond acceptors (Lipinski definition) is 4. The van der Waals surface area contributed by atoms with E-state index in [9.17, 15) is 13.2 Å². The third-order valence-corrected chi connectivity index (χ3v) is 4.26. The van der Waals surface area contributed by atoms with Gasteiger partial charge in [0.2, 0.25) is 0 Å². The lowest BCUT2D eigenvalue weighted by atomic mass is 10.4. The average Bonchev–Trinajstić information content (AvgIpc) is 3.13. The molecule has 0 bridgehead atoms. The number of nitrogens with one attached hydrogen (secondary N) is 2. The summed E-state index contributed by atoms with van der Waals surface area (Å²) in [5.41, 5.74) is 1.25. The van der Waals surface area contributed by atoms with Crippen LogP contribution in [0, 0.1) is 13.8 Å². The number of aromatic nitrogens is 3. The van der Waals surface area contributed by atoms with Crippen LogP contribution in [0.3, 0.4) is 0 Å². The fourth-order valence-electron chi connectivity index (χ4n) is 2.24. The Labute approximate surface area is 171 Å². The number of alkyl halides is 3. The van der Waals surface area contributed by atoms with Crippen LogP contribution in [0.5, 0.6) is 0 Å². The van der Waals surface area contributed by atoms with Crippen molar-refractivity contribution < 1.29 is 13.2 Å². The molecule has 0 atom stereocenters. The summed E-state index contributed by atoms with van der Waals surface area (Å²) < 4.78 is 39.5. The van der Waals surface area contributed by atoms with E-state index in [1.807, 2.05) is 24.6 Å². The first-order valence-corrected chi connectivity index (χ1v) is 8.64. The molecule has 0 aliphatic heterocycles. The topological polar surface area (TPSA) is 67.1 Å². The minimum atomic E-state index is -4.41. The summed E-state index contributed by atoms with van der Waals surface area (Å²) in [5.74, 6) is 0.525. The number of rotatable bonds is 6. The van der Waals surface area contributed by atoms with Crippen molar-refractivity contribution in [3.05, 3.63) is 33.5 Å². The van der Waals surface area contributed by atoms with Crippen molar-refractivity contribution in [1.82, 2.24) is 25.4 Å². The highest BCUT2D eigenvalue weighted by Gasteiger charge is 2.33. The fraction of sp³-hybridized carbons (Fsp3) is 0.533. The van der Waals surface area contributed by atoms with Crippen LogP contribution in [-0.2, 0) is 19.3 Å². The highest BCUT2D eigenvalue weighted by atomic mass is 127. The maximum absolute atomic E-state index is 12.5. The predicted molar refractivity (Wildman–Crippen MR) is 107 cm³/mol. The van der Waals surface area contributed by atoms with Gasteiger partial charge in [0.25, 0.3) is 0 Å². The molecule has 0 spiro atoms. The number of hydrogen-bond donors (Lipinski definition) is 2. The van der Waals surface area contributed by atoms with E-state index in [-0.39, 0.29) is 30.5 Å². The summed E-state index contributed by atoms with van der Waals surface area (Å²) >= 11 is 0.970. The molecule has 2 N–H and O–H groups in total. The summed E-state index contributed by atoms with van der Waals surface area (Å²) in [6.07, 6.45) is -3.56. The van der Waals surface area contributed by atoms with Gasteiger partial charge in [0, 0.05) is 31.2 Å². The molecule has 0 fully saturated rings. The average molecular weight is 502 g/mol. The van der Waals surface area contributed by atoms with E-state index >= 15 is 0 Å². The van der Waals surface area contributed by atoms with Gasteiger partial charge in [0.05, 0.1) is 12.2 Å². The predicted octanol–water partition coefficient (Wildman–Crippen LogP) is 3.35. The van der Waals surface area contributed by atoms with Crippen molar-refractivity contribution in [2.75, 3.05) is 13.6 Å². The standard InChI is InChI=1S/C15H21F3N6S.HI/c1-10-7-11(2)24(23-10)6-4-5-20-14(19-3)21-8-13-22-12(9-25-13)15(16,17)18;/h7,9H,4-6,8H2,1-3H3,(H2,19,20,21);1H. The summed E-state index contributed by atoms with van der Waals surface area (Å²) in [6.45, 7) is 5.61. The molecule has 0 aromatic carbocycles. The first-order chi connectivity index (χ1) is 11.8. The zero-order valence-electron chi connectivity index (χ0n) is 14.7. The minimum Gasteiger partial charge on any atom is -0.356 e. The van der Waals surface area contributed by atoms with E-state index in [0.29, 0.717) is 17.5 Å². The Hall–Kier alpha value is -1.37. The van der Waals surface area contributed by atoms with E-state index in [4.69, 9.17) is 0 Å². The molecule has 0 unspecified atom stereocenters. The monoisotopic (exact) mass is 502 g/mol. The molecule has 2 aromatic heterocycles. The number of nitrogens with zero attached hydrogens (tertiary/aromatic N) is 4. The second-order valence-electron chi connectivity index (χ2n) is 5.48. The summed E-state index contributed by atoms with van der Waals surface area (Å²) in [4.78, 5) is 7.62. The van der Waals surface area contributed by atoms with Gasteiger partial charge in [0.15, 0.2) is 11.7 Å². The SMILES string of the molecule is CN=C(NCCCn1nc(C)cc1C)NCc1nc(C(F)(F)F)cs1.I. The third kappa shape index (κ3) is 6.74. The van der Waals surface area contributed by atoms with E-state index < -0.39 is 11.9 Å². The Morgan fingerprint density at radius 2 is 2.04 bits per heavy atom. The Morgan fingerprint density at radius 1 is 1.31 bits per heavy atom.